The molecule has 4 rings (SSSR count). The number of carbonyl (C=O) groups is 1. The van der Waals surface area contributed by atoms with Crippen LogP contribution in [0.15, 0.2) is 91.0 Å². The van der Waals surface area contributed by atoms with Crippen LogP contribution < -0.4 is 5.32 Å². The number of nitrogens with one attached hydrogen (secondary N) is 1. The van der Waals surface area contributed by atoms with Crippen molar-refractivity contribution in [3.63, 3.8) is 0 Å². The van der Waals surface area contributed by atoms with E-state index in [2.05, 4.69) is 5.32 Å². The van der Waals surface area contributed by atoms with Crippen LogP contribution in [0.1, 0.15) is 16.7 Å². The molecular formula is C25H25NO4. The number of hydrogen-bond acceptors (Lipinski definition) is 4. The maximum Gasteiger partial charge on any atom is 0.407 e. The van der Waals surface area contributed by atoms with Gasteiger partial charge in [0.1, 0.15) is 6.61 Å². The van der Waals surface area contributed by atoms with E-state index in [4.69, 9.17) is 14.2 Å². The topological polar surface area (TPSA) is 56.8 Å². The van der Waals surface area contributed by atoms with Crippen LogP contribution in [0.2, 0.25) is 0 Å². The maximum absolute atomic E-state index is 12.5. The molecule has 0 aromatic heterocycles. The highest BCUT2D eigenvalue weighted by molar-refractivity contribution is 5.67. The summed E-state index contributed by atoms with van der Waals surface area (Å²) < 4.78 is 17.4. The average molecular weight is 403 g/mol. The number of alkyl carbamates (subject to hydrolysis) is 1. The summed E-state index contributed by atoms with van der Waals surface area (Å²) in [7, 11) is 0. The van der Waals surface area contributed by atoms with Gasteiger partial charge in [-0.25, -0.2) is 4.79 Å². The molecule has 3 aromatic carbocycles. The Morgan fingerprint density at radius 2 is 1.33 bits per heavy atom. The summed E-state index contributed by atoms with van der Waals surface area (Å²) in [6, 6.07) is 29.6. The third-order valence-corrected chi connectivity index (χ3v) is 5.33. The van der Waals surface area contributed by atoms with Gasteiger partial charge in [-0.2, -0.15) is 0 Å². The third kappa shape index (κ3) is 4.37. The fourth-order valence-electron chi connectivity index (χ4n) is 3.83. The summed E-state index contributed by atoms with van der Waals surface area (Å²) in [5, 5.41) is 2.95. The van der Waals surface area contributed by atoms with Gasteiger partial charge in [0.05, 0.1) is 18.6 Å². The van der Waals surface area contributed by atoms with Gasteiger partial charge >= 0.3 is 6.09 Å². The Labute approximate surface area is 176 Å². The van der Waals surface area contributed by atoms with Crippen LogP contribution in [-0.4, -0.2) is 32.1 Å². The van der Waals surface area contributed by atoms with Crippen molar-refractivity contribution in [3.05, 3.63) is 108 Å². The number of ether oxygens (including phenoxy) is 3. The van der Waals surface area contributed by atoms with Crippen LogP contribution in [0.3, 0.4) is 0 Å². The molecular weight excluding hydrogens is 378 g/mol. The van der Waals surface area contributed by atoms with E-state index in [1.54, 1.807) is 0 Å². The Kier molecular flexibility index (Phi) is 6.42. The van der Waals surface area contributed by atoms with E-state index >= 15 is 0 Å². The Morgan fingerprint density at radius 3 is 1.87 bits per heavy atom. The minimum absolute atomic E-state index is 0.215. The van der Waals surface area contributed by atoms with E-state index in [1.807, 2.05) is 91.0 Å². The molecule has 0 unspecified atom stereocenters. The molecule has 1 fully saturated rings. The highest BCUT2D eigenvalue weighted by Crippen LogP contribution is 2.39. The molecule has 0 spiro atoms. The SMILES string of the molecule is O=C(NCC(c1ccccc1)(c1ccccc1)C1OCCO1)OCc1ccccc1. The molecule has 5 nitrogen and oxygen atoms in total. The lowest BCUT2D eigenvalue weighted by Gasteiger charge is -2.38. The van der Waals surface area contributed by atoms with E-state index in [0.29, 0.717) is 13.2 Å². The van der Waals surface area contributed by atoms with Crippen molar-refractivity contribution < 1.29 is 19.0 Å². The van der Waals surface area contributed by atoms with Gasteiger partial charge in [0, 0.05) is 6.54 Å². The second-order valence-electron chi connectivity index (χ2n) is 7.19. The monoisotopic (exact) mass is 403 g/mol. The molecule has 3 aromatic rings. The van der Waals surface area contributed by atoms with E-state index < -0.39 is 17.8 Å². The molecule has 5 heteroatoms. The Bertz CT molecular complexity index is 886. The molecule has 0 bridgehead atoms. The lowest BCUT2D eigenvalue weighted by Crippen LogP contribution is -2.50. The summed E-state index contributed by atoms with van der Waals surface area (Å²) in [5.41, 5.74) is 2.25. The van der Waals surface area contributed by atoms with Gasteiger partial charge < -0.3 is 19.5 Å². The highest BCUT2D eigenvalue weighted by Gasteiger charge is 2.46. The number of hydrogen-bond donors (Lipinski definition) is 1. The van der Waals surface area contributed by atoms with Crippen molar-refractivity contribution >= 4 is 6.09 Å². The zero-order valence-electron chi connectivity index (χ0n) is 16.7. The summed E-state index contributed by atoms with van der Waals surface area (Å²) in [5.74, 6) is 0. The molecule has 154 valence electrons. The zero-order valence-corrected chi connectivity index (χ0v) is 16.7. The predicted octanol–water partition coefficient (Wildman–Crippen LogP) is 4.27. The lowest BCUT2D eigenvalue weighted by atomic mass is 9.73. The summed E-state index contributed by atoms with van der Waals surface area (Å²) in [6.45, 7) is 1.53. The van der Waals surface area contributed by atoms with Crippen molar-refractivity contribution in [2.75, 3.05) is 19.8 Å². The summed E-state index contributed by atoms with van der Waals surface area (Å²) in [4.78, 5) is 12.5. The van der Waals surface area contributed by atoms with Crippen molar-refractivity contribution in [2.45, 2.75) is 18.3 Å². The van der Waals surface area contributed by atoms with Gasteiger partial charge in [0.15, 0.2) is 6.29 Å². The van der Waals surface area contributed by atoms with Crippen LogP contribution in [0.4, 0.5) is 4.79 Å². The largest absolute Gasteiger partial charge is 0.445 e. The number of carbonyl (C=O) groups excluding carboxylic acids is 1. The fourth-order valence-corrected chi connectivity index (χ4v) is 3.83. The molecule has 0 aliphatic carbocycles. The van der Waals surface area contributed by atoms with Crippen molar-refractivity contribution in [2.24, 2.45) is 0 Å². The van der Waals surface area contributed by atoms with Crippen molar-refractivity contribution in [1.29, 1.82) is 0 Å². The molecule has 1 aliphatic heterocycles. The first-order valence-corrected chi connectivity index (χ1v) is 10.1. The molecule has 1 saturated heterocycles. The second-order valence-corrected chi connectivity index (χ2v) is 7.19. The minimum Gasteiger partial charge on any atom is -0.445 e. The smallest absolute Gasteiger partial charge is 0.407 e. The molecule has 30 heavy (non-hydrogen) atoms. The quantitative estimate of drug-likeness (QED) is 0.640. The van der Waals surface area contributed by atoms with Crippen molar-refractivity contribution in [1.82, 2.24) is 5.32 Å². The van der Waals surface area contributed by atoms with Crippen LogP contribution in [0.5, 0.6) is 0 Å². The van der Waals surface area contributed by atoms with E-state index in [-0.39, 0.29) is 13.2 Å². The van der Waals surface area contributed by atoms with E-state index in [9.17, 15) is 4.79 Å². The first kappa shape index (κ1) is 20.1. The van der Waals surface area contributed by atoms with Crippen LogP contribution in [0.25, 0.3) is 0 Å². The molecule has 1 N–H and O–H groups in total. The van der Waals surface area contributed by atoms with Crippen LogP contribution >= 0.6 is 0 Å². The molecule has 0 radical (unpaired) electrons. The average Bonchev–Trinajstić information content (AvgIpc) is 3.36. The first-order valence-electron chi connectivity index (χ1n) is 10.1. The van der Waals surface area contributed by atoms with Crippen molar-refractivity contribution in [3.8, 4) is 0 Å². The molecule has 0 saturated carbocycles. The standard InChI is InChI=1S/C25H25NO4/c27-24(30-18-20-10-4-1-5-11-20)26-19-25(23-28-16-17-29-23,21-12-6-2-7-13-21)22-14-8-3-9-15-22/h1-15,23H,16-19H2,(H,26,27). The minimum atomic E-state index is -0.704. The molecule has 1 aliphatic rings. The van der Waals surface area contributed by atoms with Gasteiger partial charge in [-0.3, -0.25) is 0 Å². The van der Waals surface area contributed by atoms with Gasteiger partial charge in [0.2, 0.25) is 0 Å². The maximum atomic E-state index is 12.5. The van der Waals surface area contributed by atoms with Gasteiger partial charge in [-0.05, 0) is 16.7 Å². The highest BCUT2D eigenvalue weighted by atomic mass is 16.7. The molecule has 1 amide bonds. The Morgan fingerprint density at radius 1 is 0.833 bits per heavy atom. The van der Waals surface area contributed by atoms with Crippen LogP contribution in [-0.2, 0) is 26.2 Å². The van der Waals surface area contributed by atoms with E-state index in [1.165, 1.54) is 0 Å². The summed E-state index contributed by atoms with van der Waals surface area (Å²) >= 11 is 0. The number of rotatable bonds is 7. The van der Waals surface area contributed by atoms with Gasteiger partial charge in [-0.15, -0.1) is 0 Å². The van der Waals surface area contributed by atoms with Gasteiger partial charge in [-0.1, -0.05) is 91.0 Å². The predicted molar refractivity (Wildman–Crippen MR) is 114 cm³/mol. The molecule has 1 heterocycles. The summed E-state index contributed by atoms with van der Waals surface area (Å²) in [6.07, 6.45) is -0.996. The molecule has 0 atom stereocenters. The fraction of sp³-hybridized carbons (Fsp3) is 0.240. The third-order valence-electron chi connectivity index (χ3n) is 5.33. The lowest BCUT2D eigenvalue weighted by molar-refractivity contribution is -0.0860. The van der Waals surface area contributed by atoms with E-state index in [0.717, 1.165) is 16.7 Å². The normalized spacial score (nSPS) is 14.4. The Balaban J connectivity index is 1.59. The number of benzene rings is 3. The Hall–Kier alpha value is -3.15. The van der Waals surface area contributed by atoms with Gasteiger partial charge in [0.25, 0.3) is 0 Å². The zero-order chi connectivity index (χ0) is 20.7. The first-order chi connectivity index (χ1) is 14.8. The number of amides is 1. The second kappa shape index (κ2) is 9.57. The van der Waals surface area contributed by atoms with Crippen LogP contribution in [0, 0.1) is 0 Å².